The Bertz CT molecular complexity index is 705. The molecule has 5 nitrogen and oxygen atoms in total. The number of ether oxygens (including phenoxy) is 2. The number of hydrogen-bond donors (Lipinski definition) is 2. The van der Waals surface area contributed by atoms with Crippen molar-refractivity contribution in [1.82, 2.24) is 10.6 Å². The van der Waals surface area contributed by atoms with Crippen molar-refractivity contribution in [3.8, 4) is 5.75 Å². The molecule has 0 atom stereocenters. The molecule has 0 bridgehead atoms. The Morgan fingerprint density at radius 2 is 1.89 bits per heavy atom. The third kappa shape index (κ3) is 8.09. The molecule has 0 amide bonds. The second-order valence-electron chi connectivity index (χ2n) is 5.97. The zero-order valence-corrected chi connectivity index (χ0v) is 16.0. The van der Waals surface area contributed by atoms with Crippen molar-refractivity contribution in [2.45, 2.75) is 26.5 Å². The molecule has 0 saturated heterocycles. The van der Waals surface area contributed by atoms with Gasteiger partial charge >= 0.3 is 0 Å². The maximum absolute atomic E-state index is 13.2. The summed E-state index contributed by atoms with van der Waals surface area (Å²) < 4.78 is 24.2. The molecular formula is C21H28FN3O2. The zero-order chi connectivity index (χ0) is 19.3. The molecule has 0 aliphatic rings. The molecule has 0 spiro atoms. The molecule has 6 heteroatoms. The van der Waals surface area contributed by atoms with Crippen LogP contribution in [-0.2, 0) is 17.9 Å². The van der Waals surface area contributed by atoms with Gasteiger partial charge in [0, 0.05) is 33.4 Å². The van der Waals surface area contributed by atoms with Gasteiger partial charge in [0.1, 0.15) is 18.2 Å². The van der Waals surface area contributed by atoms with Crippen LogP contribution in [0.5, 0.6) is 5.75 Å². The minimum atomic E-state index is -0.252. The van der Waals surface area contributed by atoms with E-state index < -0.39 is 0 Å². The number of guanidine groups is 1. The highest BCUT2D eigenvalue weighted by Gasteiger charge is 2.01. The topological polar surface area (TPSA) is 54.9 Å². The van der Waals surface area contributed by atoms with Gasteiger partial charge in [-0.25, -0.2) is 4.39 Å². The molecule has 0 aliphatic carbocycles. The number of nitrogens with zero attached hydrogens (tertiary/aromatic N) is 1. The van der Waals surface area contributed by atoms with Crippen LogP contribution in [-0.4, -0.2) is 32.8 Å². The highest BCUT2D eigenvalue weighted by Crippen LogP contribution is 2.14. The maximum atomic E-state index is 13.2. The number of hydrogen-bond acceptors (Lipinski definition) is 3. The molecule has 0 fully saturated rings. The molecule has 0 unspecified atom stereocenters. The van der Waals surface area contributed by atoms with Crippen LogP contribution in [0.4, 0.5) is 4.39 Å². The molecule has 0 radical (unpaired) electrons. The summed E-state index contributed by atoms with van der Waals surface area (Å²) in [5.74, 6) is 1.26. The fraction of sp³-hybridized carbons (Fsp3) is 0.381. The van der Waals surface area contributed by atoms with Crippen LogP contribution in [0, 0.1) is 5.82 Å². The lowest BCUT2D eigenvalue weighted by Crippen LogP contribution is -2.37. The molecule has 146 valence electrons. The van der Waals surface area contributed by atoms with Crippen molar-refractivity contribution in [1.29, 1.82) is 0 Å². The quantitative estimate of drug-likeness (QED) is 0.380. The van der Waals surface area contributed by atoms with Gasteiger partial charge < -0.3 is 20.1 Å². The van der Waals surface area contributed by atoms with E-state index in [9.17, 15) is 4.39 Å². The summed E-state index contributed by atoms with van der Waals surface area (Å²) in [7, 11) is 1.75. The minimum Gasteiger partial charge on any atom is -0.489 e. The second kappa shape index (κ2) is 11.9. The smallest absolute Gasteiger partial charge is 0.191 e. The molecule has 2 rings (SSSR count). The minimum absolute atomic E-state index is 0.252. The fourth-order valence-corrected chi connectivity index (χ4v) is 2.43. The summed E-state index contributed by atoms with van der Waals surface area (Å²) in [5.41, 5.74) is 1.92. The van der Waals surface area contributed by atoms with Gasteiger partial charge in [0.25, 0.3) is 0 Å². The molecule has 2 N–H and O–H groups in total. The van der Waals surface area contributed by atoms with Crippen molar-refractivity contribution in [2.24, 2.45) is 4.99 Å². The first-order valence-electron chi connectivity index (χ1n) is 9.19. The molecule has 2 aromatic rings. The highest BCUT2D eigenvalue weighted by atomic mass is 19.1. The van der Waals surface area contributed by atoms with E-state index in [0.717, 1.165) is 49.0 Å². The molecule has 0 saturated carbocycles. The highest BCUT2D eigenvalue weighted by molar-refractivity contribution is 5.79. The average molecular weight is 373 g/mol. The van der Waals surface area contributed by atoms with Crippen molar-refractivity contribution < 1.29 is 13.9 Å². The van der Waals surface area contributed by atoms with E-state index in [1.54, 1.807) is 13.1 Å². The average Bonchev–Trinajstić information content (AvgIpc) is 2.69. The van der Waals surface area contributed by atoms with Crippen molar-refractivity contribution in [2.75, 3.05) is 26.8 Å². The molecule has 0 aromatic heterocycles. The first-order valence-corrected chi connectivity index (χ1v) is 9.19. The van der Waals surface area contributed by atoms with E-state index in [4.69, 9.17) is 9.47 Å². The number of rotatable bonds is 10. The van der Waals surface area contributed by atoms with Gasteiger partial charge in [0.05, 0.1) is 0 Å². The number of halogens is 1. The molecule has 0 aliphatic heterocycles. The van der Waals surface area contributed by atoms with E-state index in [-0.39, 0.29) is 5.82 Å². The monoisotopic (exact) mass is 373 g/mol. The summed E-state index contributed by atoms with van der Waals surface area (Å²) in [6.07, 6.45) is 0.936. The Balaban J connectivity index is 1.72. The van der Waals surface area contributed by atoms with Gasteiger partial charge in [0.15, 0.2) is 5.96 Å². The van der Waals surface area contributed by atoms with E-state index in [0.29, 0.717) is 13.2 Å². The SMILES string of the molecule is CCOCCCNC(=NC)NCc1ccc(OCc2cccc(F)c2)cc1. The van der Waals surface area contributed by atoms with Crippen LogP contribution in [0.1, 0.15) is 24.5 Å². The lowest BCUT2D eigenvalue weighted by Gasteiger charge is -2.12. The Kier molecular flexibility index (Phi) is 9.13. The molecular weight excluding hydrogens is 345 g/mol. The van der Waals surface area contributed by atoms with Gasteiger partial charge in [-0.05, 0) is 48.7 Å². The van der Waals surface area contributed by atoms with Gasteiger partial charge in [-0.1, -0.05) is 24.3 Å². The normalized spacial score (nSPS) is 11.3. The van der Waals surface area contributed by atoms with Crippen LogP contribution in [0.2, 0.25) is 0 Å². The lowest BCUT2D eigenvalue weighted by molar-refractivity contribution is 0.145. The maximum Gasteiger partial charge on any atom is 0.191 e. The Morgan fingerprint density at radius 1 is 1.07 bits per heavy atom. The van der Waals surface area contributed by atoms with Gasteiger partial charge in [-0.2, -0.15) is 0 Å². The Labute approximate surface area is 160 Å². The van der Waals surface area contributed by atoms with E-state index in [1.165, 1.54) is 12.1 Å². The third-order valence-electron chi connectivity index (χ3n) is 3.86. The van der Waals surface area contributed by atoms with Crippen molar-refractivity contribution in [3.05, 3.63) is 65.5 Å². The summed E-state index contributed by atoms with van der Waals surface area (Å²) in [6, 6.07) is 14.2. The fourth-order valence-electron chi connectivity index (χ4n) is 2.43. The number of nitrogens with one attached hydrogen (secondary N) is 2. The summed E-state index contributed by atoms with van der Waals surface area (Å²) in [4.78, 5) is 4.21. The van der Waals surface area contributed by atoms with Crippen molar-refractivity contribution >= 4 is 5.96 Å². The van der Waals surface area contributed by atoms with Crippen LogP contribution >= 0.6 is 0 Å². The van der Waals surface area contributed by atoms with Gasteiger partial charge in [-0.3, -0.25) is 4.99 Å². The molecule has 0 heterocycles. The van der Waals surface area contributed by atoms with Crippen LogP contribution in [0.3, 0.4) is 0 Å². The Morgan fingerprint density at radius 3 is 2.59 bits per heavy atom. The van der Waals surface area contributed by atoms with E-state index in [2.05, 4.69) is 15.6 Å². The predicted molar refractivity (Wildman–Crippen MR) is 106 cm³/mol. The molecule has 27 heavy (non-hydrogen) atoms. The first-order chi connectivity index (χ1) is 13.2. The number of benzene rings is 2. The van der Waals surface area contributed by atoms with Gasteiger partial charge in [0.2, 0.25) is 0 Å². The van der Waals surface area contributed by atoms with Gasteiger partial charge in [-0.15, -0.1) is 0 Å². The largest absolute Gasteiger partial charge is 0.489 e. The summed E-state index contributed by atoms with van der Waals surface area (Å²) in [5, 5.41) is 6.53. The number of aliphatic imine (C=N–C) groups is 1. The van der Waals surface area contributed by atoms with Crippen LogP contribution in [0.25, 0.3) is 0 Å². The summed E-state index contributed by atoms with van der Waals surface area (Å²) in [6.45, 7) is 5.30. The lowest BCUT2D eigenvalue weighted by atomic mass is 10.2. The Hall–Kier alpha value is -2.60. The van der Waals surface area contributed by atoms with Crippen LogP contribution < -0.4 is 15.4 Å². The predicted octanol–water partition coefficient (Wildman–Crippen LogP) is 3.50. The molecule has 2 aromatic carbocycles. The second-order valence-corrected chi connectivity index (χ2v) is 5.97. The standard InChI is InChI=1S/C21H28FN3O2/c1-3-26-13-5-12-24-21(23-2)25-15-17-8-10-20(11-9-17)27-16-18-6-4-7-19(22)14-18/h4,6-11,14H,3,5,12-13,15-16H2,1-2H3,(H2,23,24,25). The van der Waals surface area contributed by atoms with E-state index >= 15 is 0 Å². The van der Waals surface area contributed by atoms with Crippen molar-refractivity contribution in [3.63, 3.8) is 0 Å². The van der Waals surface area contributed by atoms with Crippen LogP contribution in [0.15, 0.2) is 53.5 Å². The zero-order valence-electron chi connectivity index (χ0n) is 16.0. The summed E-state index contributed by atoms with van der Waals surface area (Å²) >= 11 is 0. The third-order valence-corrected chi connectivity index (χ3v) is 3.86. The first kappa shape index (κ1) is 20.7. The van der Waals surface area contributed by atoms with E-state index in [1.807, 2.05) is 37.3 Å².